The van der Waals surface area contributed by atoms with E-state index in [1.54, 1.807) is 25.1 Å². The molecule has 0 spiro atoms. The molecule has 2 N–H and O–H groups in total. The maximum atomic E-state index is 12.4. The van der Waals surface area contributed by atoms with Crippen LogP contribution in [0.2, 0.25) is 0 Å². The summed E-state index contributed by atoms with van der Waals surface area (Å²) < 4.78 is 27.4. The molecule has 1 unspecified atom stereocenters. The standard InChI is InChI=1S/C16H27NO3S/c1-11(2)16(12(3)4)10-17-21(19,20)15-8-6-7-14(9-15)13(5)18/h6-9,11-13,16-18H,10H2,1-5H3. The Bertz CT molecular complexity index is 542. The van der Waals surface area contributed by atoms with Gasteiger partial charge in [-0.3, -0.25) is 0 Å². The van der Waals surface area contributed by atoms with Gasteiger partial charge < -0.3 is 5.11 Å². The van der Waals surface area contributed by atoms with Crippen LogP contribution >= 0.6 is 0 Å². The average Bonchev–Trinajstić information content (AvgIpc) is 2.38. The molecular formula is C16H27NO3S. The van der Waals surface area contributed by atoms with Crippen LogP contribution in [0.4, 0.5) is 0 Å². The Labute approximate surface area is 128 Å². The van der Waals surface area contributed by atoms with Gasteiger partial charge in [-0.15, -0.1) is 0 Å². The van der Waals surface area contributed by atoms with Gasteiger partial charge in [-0.1, -0.05) is 39.8 Å². The maximum Gasteiger partial charge on any atom is 0.240 e. The predicted octanol–water partition coefficient (Wildman–Crippen LogP) is 2.95. The minimum atomic E-state index is -3.54. The molecule has 0 saturated carbocycles. The summed E-state index contributed by atoms with van der Waals surface area (Å²) in [5.41, 5.74) is 0.599. The smallest absolute Gasteiger partial charge is 0.240 e. The van der Waals surface area contributed by atoms with Crippen molar-refractivity contribution in [2.75, 3.05) is 6.54 Å². The molecule has 1 atom stereocenters. The number of rotatable bonds is 7. The second-order valence-electron chi connectivity index (χ2n) is 6.25. The van der Waals surface area contributed by atoms with Crippen molar-refractivity contribution in [3.8, 4) is 0 Å². The first kappa shape index (κ1) is 18.1. The van der Waals surface area contributed by atoms with Crippen LogP contribution in [0, 0.1) is 17.8 Å². The molecule has 0 aliphatic carbocycles. The molecule has 0 heterocycles. The summed E-state index contributed by atoms with van der Waals surface area (Å²) in [7, 11) is -3.54. The van der Waals surface area contributed by atoms with Crippen molar-refractivity contribution in [3.05, 3.63) is 29.8 Å². The van der Waals surface area contributed by atoms with E-state index in [-0.39, 0.29) is 4.90 Å². The molecule has 1 rings (SSSR count). The summed E-state index contributed by atoms with van der Waals surface area (Å²) in [6.45, 7) is 10.5. The molecule has 1 aromatic rings. The van der Waals surface area contributed by atoms with Crippen molar-refractivity contribution in [1.29, 1.82) is 0 Å². The molecule has 21 heavy (non-hydrogen) atoms. The van der Waals surface area contributed by atoms with Crippen LogP contribution in [0.15, 0.2) is 29.2 Å². The SMILES string of the molecule is CC(O)c1cccc(S(=O)(=O)NCC(C(C)C)C(C)C)c1. The largest absolute Gasteiger partial charge is 0.389 e. The van der Waals surface area contributed by atoms with Gasteiger partial charge in [0, 0.05) is 6.54 Å². The van der Waals surface area contributed by atoms with Crippen LogP contribution in [-0.2, 0) is 10.0 Å². The zero-order valence-corrected chi connectivity index (χ0v) is 14.3. The Hall–Kier alpha value is -0.910. The van der Waals surface area contributed by atoms with Crippen LogP contribution in [0.3, 0.4) is 0 Å². The number of aliphatic hydroxyl groups is 1. The lowest BCUT2D eigenvalue weighted by atomic mass is 9.86. The average molecular weight is 313 g/mol. The summed E-state index contributed by atoms with van der Waals surface area (Å²) in [6, 6.07) is 6.44. The molecule has 0 aliphatic rings. The highest BCUT2D eigenvalue weighted by atomic mass is 32.2. The maximum absolute atomic E-state index is 12.4. The first-order valence-corrected chi connectivity index (χ1v) is 8.91. The van der Waals surface area contributed by atoms with Crippen molar-refractivity contribution in [3.63, 3.8) is 0 Å². The number of nitrogens with one attached hydrogen (secondary N) is 1. The normalized spacial score (nSPS) is 14.1. The van der Waals surface area contributed by atoms with Gasteiger partial charge in [0.25, 0.3) is 0 Å². The Morgan fingerprint density at radius 2 is 1.67 bits per heavy atom. The molecule has 0 saturated heterocycles. The summed E-state index contributed by atoms with van der Waals surface area (Å²) in [5, 5.41) is 9.56. The van der Waals surface area contributed by atoms with Crippen molar-refractivity contribution < 1.29 is 13.5 Å². The number of hydrogen-bond acceptors (Lipinski definition) is 3. The summed E-state index contributed by atoms with van der Waals surface area (Å²) in [4.78, 5) is 0.201. The lowest BCUT2D eigenvalue weighted by Crippen LogP contribution is -2.34. The van der Waals surface area contributed by atoms with Crippen molar-refractivity contribution in [2.45, 2.75) is 45.6 Å². The number of benzene rings is 1. The molecule has 4 nitrogen and oxygen atoms in total. The Morgan fingerprint density at radius 3 is 2.14 bits per heavy atom. The molecule has 0 aliphatic heterocycles. The van der Waals surface area contributed by atoms with E-state index in [9.17, 15) is 13.5 Å². The van der Waals surface area contributed by atoms with E-state index in [0.29, 0.717) is 29.9 Å². The fourth-order valence-electron chi connectivity index (χ4n) is 2.47. The van der Waals surface area contributed by atoms with Gasteiger partial charge in [0.05, 0.1) is 11.0 Å². The molecule has 0 bridgehead atoms. The summed E-state index contributed by atoms with van der Waals surface area (Å²) in [5.74, 6) is 1.12. The van der Waals surface area contributed by atoms with E-state index < -0.39 is 16.1 Å². The zero-order chi connectivity index (χ0) is 16.2. The molecular weight excluding hydrogens is 286 g/mol. The Balaban J connectivity index is 2.89. The Morgan fingerprint density at radius 1 is 1.10 bits per heavy atom. The number of hydrogen-bond donors (Lipinski definition) is 2. The van der Waals surface area contributed by atoms with Crippen molar-refractivity contribution >= 4 is 10.0 Å². The fraction of sp³-hybridized carbons (Fsp3) is 0.625. The van der Waals surface area contributed by atoms with Crippen LogP contribution in [0.1, 0.15) is 46.3 Å². The van der Waals surface area contributed by atoms with E-state index >= 15 is 0 Å². The highest BCUT2D eigenvalue weighted by Gasteiger charge is 2.21. The van der Waals surface area contributed by atoms with Gasteiger partial charge in [0.15, 0.2) is 0 Å². The monoisotopic (exact) mass is 313 g/mol. The molecule has 0 aromatic heterocycles. The highest BCUT2D eigenvalue weighted by Crippen LogP contribution is 2.21. The Kier molecular flexibility index (Phi) is 6.38. The van der Waals surface area contributed by atoms with E-state index in [2.05, 4.69) is 32.4 Å². The van der Waals surface area contributed by atoms with E-state index in [1.165, 1.54) is 6.07 Å². The predicted molar refractivity (Wildman–Crippen MR) is 85.4 cm³/mol. The molecule has 120 valence electrons. The van der Waals surface area contributed by atoms with Crippen molar-refractivity contribution in [1.82, 2.24) is 4.72 Å². The second kappa shape index (κ2) is 7.38. The molecule has 0 amide bonds. The zero-order valence-electron chi connectivity index (χ0n) is 13.5. The molecule has 5 heteroatoms. The lowest BCUT2D eigenvalue weighted by Gasteiger charge is -2.25. The van der Waals surface area contributed by atoms with Gasteiger partial charge in [0.1, 0.15) is 0 Å². The molecule has 0 fully saturated rings. The first-order chi connectivity index (χ1) is 9.65. The number of sulfonamides is 1. The molecule has 0 radical (unpaired) electrons. The van der Waals surface area contributed by atoms with E-state index in [4.69, 9.17) is 0 Å². The quantitative estimate of drug-likeness (QED) is 0.813. The van der Waals surface area contributed by atoms with Gasteiger partial charge in [-0.25, -0.2) is 13.1 Å². The first-order valence-electron chi connectivity index (χ1n) is 7.43. The third kappa shape index (κ3) is 5.09. The number of aliphatic hydroxyl groups excluding tert-OH is 1. The fourth-order valence-corrected chi connectivity index (χ4v) is 3.60. The van der Waals surface area contributed by atoms with Gasteiger partial charge >= 0.3 is 0 Å². The third-order valence-electron chi connectivity index (χ3n) is 3.87. The van der Waals surface area contributed by atoms with Crippen LogP contribution in [-0.4, -0.2) is 20.1 Å². The van der Waals surface area contributed by atoms with Gasteiger partial charge in [0.2, 0.25) is 10.0 Å². The lowest BCUT2D eigenvalue weighted by molar-refractivity contribution is 0.199. The van der Waals surface area contributed by atoms with Gasteiger partial charge in [-0.05, 0) is 42.4 Å². The van der Waals surface area contributed by atoms with Crippen LogP contribution in [0.25, 0.3) is 0 Å². The third-order valence-corrected chi connectivity index (χ3v) is 5.29. The van der Waals surface area contributed by atoms with Crippen molar-refractivity contribution in [2.24, 2.45) is 17.8 Å². The minimum absolute atomic E-state index is 0.201. The highest BCUT2D eigenvalue weighted by molar-refractivity contribution is 7.89. The van der Waals surface area contributed by atoms with Crippen LogP contribution < -0.4 is 4.72 Å². The van der Waals surface area contributed by atoms with E-state index in [1.807, 2.05) is 0 Å². The van der Waals surface area contributed by atoms with Crippen LogP contribution in [0.5, 0.6) is 0 Å². The topological polar surface area (TPSA) is 66.4 Å². The molecule has 1 aromatic carbocycles. The summed E-state index contributed by atoms with van der Waals surface area (Å²) >= 11 is 0. The second-order valence-corrected chi connectivity index (χ2v) is 8.02. The minimum Gasteiger partial charge on any atom is -0.389 e. The van der Waals surface area contributed by atoms with E-state index in [0.717, 1.165) is 0 Å². The van der Waals surface area contributed by atoms with Gasteiger partial charge in [-0.2, -0.15) is 0 Å². The summed E-state index contributed by atoms with van der Waals surface area (Å²) in [6.07, 6.45) is -0.681.